The lowest BCUT2D eigenvalue weighted by atomic mass is 10.1. The van der Waals surface area contributed by atoms with Crippen molar-refractivity contribution in [1.29, 1.82) is 0 Å². The molecular weight excluding hydrogens is 252 g/mol. The van der Waals surface area contributed by atoms with Gasteiger partial charge in [0.25, 0.3) is 0 Å². The number of rotatable bonds is 3. The monoisotopic (exact) mass is 270 g/mol. The smallest absolute Gasteiger partial charge is 0.247 e. The summed E-state index contributed by atoms with van der Waals surface area (Å²) in [5, 5.41) is 12.3. The van der Waals surface area contributed by atoms with Crippen molar-refractivity contribution in [2.45, 2.75) is 25.4 Å². The van der Waals surface area contributed by atoms with Gasteiger partial charge in [-0.05, 0) is 35.4 Å². The normalized spacial score (nSPS) is 25.1. The maximum absolute atomic E-state index is 4.26. The van der Waals surface area contributed by atoms with E-state index in [1.54, 1.807) is 0 Å². The van der Waals surface area contributed by atoms with E-state index in [1.807, 2.05) is 22.9 Å². The molecule has 1 aromatic heterocycles. The summed E-state index contributed by atoms with van der Waals surface area (Å²) in [5.41, 5.74) is 1.23. The molecule has 0 saturated carbocycles. The van der Waals surface area contributed by atoms with Crippen LogP contribution in [0.25, 0.3) is 0 Å². The van der Waals surface area contributed by atoms with Gasteiger partial charge in [0.1, 0.15) is 0 Å². The highest BCUT2D eigenvalue weighted by molar-refractivity contribution is 5.34. The van der Waals surface area contributed by atoms with E-state index in [2.05, 4.69) is 37.5 Å². The number of fused-ring (bicyclic) bond motifs is 2. The highest BCUT2D eigenvalue weighted by Crippen LogP contribution is 2.27. The van der Waals surface area contributed by atoms with Crippen molar-refractivity contribution < 1.29 is 0 Å². The van der Waals surface area contributed by atoms with Crippen molar-refractivity contribution >= 4 is 5.95 Å². The number of tetrazole rings is 1. The molecule has 2 unspecified atom stereocenters. The van der Waals surface area contributed by atoms with Gasteiger partial charge in [-0.1, -0.05) is 35.4 Å². The molecule has 0 spiro atoms. The Morgan fingerprint density at radius 3 is 2.95 bits per heavy atom. The SMILES string of the molecule is c1ccc(Cn2nnnc2N2CN3CCCC2C3)cc1. The molecule has 6 heteroatoms. The van der Waals surface area contributed by atoms with Crippen LogP contribution < -0.4 is 4.90 Å². The molecule has 2 aliphatic rings. The van der Waals surface area contributed by atoms with E-state index < -0.39 is 0 Å². The molecule has 0 N–H and O–H groups in total. The fourth-order valence-corrected chi connectivity index (χ4v) is 3.24. The zero-order valence-corrected chi connectivity index (χ0v) is 11.4. The molecule has 104 valence electrons. The van der Waals surface area contributed by atoms with Gasteiger partial charge in [0.15, 0.2) is 0 Å². The molecule has 2 bridgehead atoms. The van der Waals surface area contributed by atoms with Crippen molar-refractivity contribution in [1.82, 2.24) is 25.1 Å². The summed E-state index contributed by atoms with van der Waals surface area (Å²) in [6.07, 6.45) is 2.52. The van der Waals surface area contributed by atoms with Crippen LogP contribution in [0.2, 0.25) is 0 Å². The van der Waals surface area contributed by atoms with Crippen molar-refractivity contribution in [3.63, 3.8) is 0 Å². The van der Waals surface area contributed by atoms with E-state index in [1.165, 1.54) is 24.9 Å². The Labute approximate surface area is 118 Å². The lowest BCUT2D eigenvalue weighted by Gasteiger charge is -2.23. The van der Waals surface area contributed by atoms with Crippen LogP contribution in [0.15, 0.2) is 30.3 Å². The summed E-state index contributed by atoms with van der Waals surface area (Å²) in [6, 6.07) is 10.9. The second kappa shape index (κ2) is 4.86. The zero-order valence-electron chi connectivity index (χ0n) is 11.4. The van der Waals surface area contributed by atoms with Crippen molar-refractivity contribution in [2.24, 2.45) is 0 Å². The highest BCUT2D eigenvalue weighted by atomic mass is 15.6. The summed E-state index contributed by atoms with van der Waals surface area (Å²) in [7, 11) is 0. The summed E-state index contributed by atoms with van der Waals surface area (Å²) >= 11 is 0. The number of anilines is 1. The van der Waals surface area contributed by atoms with E-state index >= 15 is 0 Å². The Hall–Kier alpha value is -1.95. The Morgan fingerprint density at radius 2 is 2.10 bits per heavy atom. The van der Waals surface area contributed by atoms with Crippen LogP contribution in [0.5, 0.6) is 0 Å². The average Bonchev–Trinajstić information content (AvgIpc) is 3.04. The summed E-state index contributed by atoms with van der Waals surface area (Å²) in [5.74, 6) is 0.906. The molecule has 1 aromatic carbocycles. The maximum atomic E-state index is 4.26. The first-order chi connectivity index (χ1) is 9.90. The molecule has 2 fully saturated rings. The van der Waals surface area contributed by atoms with Crippen LogP contribution in [0.1, 0.15) is 18.4 Å². The molecule has 20 heavy (non-hydrogen) atoms. The first-order valence-corrected chi connectivity index (χ1v) is 7.19. The lowest BCUT2D eigenvalue weighted by molar-refractivity contribution is 0.293. The first kappa shape index (κ1) is 11.8. The second-order valence-electron chi connectivity index (χ2n) is 5.61. The van der Waals surface area contributed by atoms with Gasteiger partial charge < -0.3 is 4.90 Å². The molecule has 2 saturated heterocycles. The highest BCUT2D eigenvalue weighted by Gasteiger charge is 2.35. The van der Waals surface area contributed by atoms with Gasteiger partial charge in [-0.25, -0.2) is 4.68 Å². The van der Waals surface area contributed by atoms with Crippen molar-refractivity contribution in [2.75, 3.05) is 24.7 Å². The van der Waals surface area contributed by atoms with E-state index in [0.717, 1.165) is 25.7 Å². The largest absolute Gasteiger partial charge is 0.322 e. The number of benzene rings is 1. The van der Waals surface area contributed by atoms with Crippen molar-refractivity contribution in [3.05, 3.63) is 35.9 Å². The molecule has 2 atom stereocenters. The van der Waals surface area contributed by atoms with Gasteiger partial charge >= 0.3 is 0 Å². The summed E-state index contributed by atoms with van der Waals surface area (Å²) < 4.78 is 1.91. The fourth-order valence-electron chi connectivity index (χ4n) is 3.24. The molecule has 4 rings (SSSR count). The number of hydrogen-bond acceptors (Lipinski definition) is 5. The third-order valence-electron chi connectivity index (χ3n) is 4.22. The molecule has 2 aromatic rings. The van der Waals surface area contributed by atoms with Gasteiger partial charge in [-0.15, -0.1) is 0 Å². The van der Waals surface area contributed by atoms with Gasteiger partial charge in [0, 0.05) is 12.6 Å². The Kier molecular flexibility index (Phi) is 2.88. The van der Waals surface area contributed by atoms with E-state index in [4.69, 9.17) is 0 Å². The van der Waals surface area contributed by atoms with E-state index in [9.17, 15) is 0 Å². The predicted molar refractivity (Wildman–Crippen MR) is 75.3 cm³/mol. The van der Waals surface area contributed by atoms with E-state index in [-0.39, 0.29) is 0 Å². The van der Waals surface area contributed by atoms with Crippen LogP contribution in [0.3, 0.4) is 0 Å². The molecule has 3 heterocycles. The Morgan fingerprint density at radius 1 is 1.20 bits per heavy atom. The molecule has 6 nitrogen and oxygen atoms in total. The number of aromatic nitrogens is 4. The molecule has 0 radical (unpaired) electrons. The minimum atomic E-state index is 0.573. The molecular formula is C14H18N6. The van der Waals surface area contributed by atoms with Crippen LogP contribution in [0.4, 0.5) is 5.95 Å². The number of piperidine rings is 1. The minimum Gasteiger partial charge on any atom is -0.322 e. The number of hydrogen-bond donors (Lipinski definition) is 0. The molecule has 2 aliphatic heterocycles. The van der Waals surface area contributed by atoms with Crippen LogP contribution >= 0.6 is 0 Å². The van der Waals surface area contributed by atoms with Crippen LogP contribution in [0, 0.1) is 0 Å². The topological polar surface area (TPSA) is 50.1 Å². The quantitative estimate of drug-likeness (QED) is 0.831. The minimum absolute atomic E-state index is 0.573. The third kappa shape index (κ3) is 2.06. The Balaban J connectivity index is 1.59. The van der Waals surface area contributed by atoms with Gasteiger partial charge in [0.05, 0.1) is 13.2 Å². The predicted octanol–water partition coefficient (Wildman–Crippen LogP) is 0.963. The van der Waals surface area contributed by atoms with Crippen LogP contribution in [-0.4, -0.2) is 50.9 Å². The third-order valence-corrected chi connectivity index (χ3v) is 4.22. The zero-order chi connectivity index (χ0) is 13.4. The van der Waals surface area contributed by atoms with E-state index in [0.29, 0.717) is 6.04 Å². The fraction of sp³-hybridized carbons (Fsp3) is 0.500. The maximum Gasteiger partial charge on any atom is 0.247 e. The van der Waals surface area contributed by atoms with Gasteiger partial charge in [0.2, 0.25) is 5.95 Å². The lowest BCUT2D eigenvalue weighted by Crippen LogP contribution is -2.33. The van der Waals surface area contributed by atoms with Gasteiger partial charge in [-0.3, -0.25) is 4.90 Å². The first-order valence-electron chi connectivity index (χ1n) is 7.19. The second-order valence-corrected chi connectivity index (χ2v) is 5.61. The number of nitrogens with zero attached hydrogens (tertiary/aromatic N) is 6. The standard InChI is InChI=1S/C14H18N6/c1-2-5-12(6-3-1)9-20-14(15-16-17-20)19-11-18-8-4-7-13(19)10-18/h1-3,5-6,13H,4,7-11H2. The summed E-state index contributed by atoms with van der Waals surface area (Å²) in [6.45, 7) is 4.04. The van der Waals surface area contributed by atoms with Crippen molar-refractivity contribution in [3.8, 4) is 0 Å². The van der Waals surface area contributed by atoms with Gasteiger partial charge in [-0.2, -0.15) is 0 Å². The van der Waals surface area contributed by atoms with Crippen LogP contribution in [-0.2, 0) is 6.54 Å². The molecule has 0 amide bonds. The summed E-state index contributed by atoms with van der Waals surface area (Å²) in [4.78, 5) is 4.84. The molecule has 0 aliphatic carbocycles. The average molecular weight is 270 g/mol. The Bertz CT molecular complexity index is 580.